The smallest absolute Gasteiger partial charge is 0.179 e. The molecule has 2 heterocycles. The number of benzene rings is 1. The Balaban J connectivity index is 1.43. The van der Waals surface area contributed by atoms with Gasteiger partial charge in [-0.1, -0.05) is 36.2 Å². The molecule has 1 fully saturated rings. The van der Waals surface area contributed by atoms with Crippen molar-refractivity contribution in [2.45, 2.75) is 49.9 Å². The van der Waals surface area contributed by atoms with Crippen LogP contribution in [0.3, 0.4) is 0 Å². The van der Waals surface area contributed by atoms with Crippen molar-refractivity contribution >= 4 is 28.5 Å². The van der Waals surface area contributed by atoms with Gasteiger partial charge in [0.05, 0.1) is 30.3 Å². The predicted molar refractivity (Wildman–Crippen MR) is 95.0 cm³/mol. The van der Waals surface area contributed by atoms with Gasteiger partial charge in [-0.15, -0.1) is 0 Å². The van der Waals surface area contributed by atoms with E-state index in [0.29, 0.717) is 36.1 Å². The van der Waals surface area contributed by atoms with Gasteiger partial charge in [-0.25, -0.2) is 0 Å². The molecule has 1 aromatic rings. The molecule has 0 bridgehead atoms. The number of nitrogens with one attached hydrogen (secondary N) is 1. The van der Waals surface area contributed by atoms with Crippen molar-refractivity contribution in [1.29, 1.82) is 0 Å². The fourth-order valence-corrected chi connectivity index (χ4v) is 4.58. The molecule has 0 saturated heterocycles. The molecule has 2 atom stereocenters. The zero-order chi connectivity index (χ0) is 15.6. The molecule has 3 aliphatic rings. The van der Waals surface area contributed by atoms with E-state index in [-0.39, 0.29) is 0 Å². The van der Waals surface area contributed by atoms with E-state index < -0.39 is 0 Å². The van der Waals surface area contributed by atoms with E-state index in [4.69, 9.17) is 26.1 Å². The highest BCUT2D eigenvalue weighted by atomic mass is 35.5. The van der Waals surface area contributed by atoms with Crippen LogP contribution in [-0.4, -0.2) is 30.5 Å². The second kappa shape index (κ2) is 6.81. The second-order valence-electron chi connectivity index (χ2n) is 6.28. The molecular formula is C17H21ClN2O2S. The molecule has 4 rings (SSSR count). The molecule has 0 unspecified atom stereocenters. The quantitative estimate of drug-likeness (QED) is 0.873. The molecule has 2 aliphatic heterocycles. The normalized spacial score (nSPS) is 26.0. The number of hydrogen-bond donors (Lipinski definition) is 1. The van der Waals surface area contributed by atoms with E-state index in [1.807, 2.05) is 12.1 Å². The number of rotatable bonds is 2. The summed E-state index contributed by atoms with van der Waals surface area (Å²) >= 11 is 8.11. The van der Waals surface area contributed by atoms with Gasteiger partial charge in [-0.2, -0.15) is 0 Å². The van der Waals surface area contributed by atoms with E-state index in [2.05, 4.69) is 5.32 Å². The summed E-state index contributed by atoms with van der Waals surface area (Å²) in [6, 6.07) is 5.06. The summed E-state index contributed by atoms with van der Waals surface area (Å²) in [7, 11) is 0. The molecule has 1 aromatic carbocycles. The van der Waals surface area contributed by atoms with Gasteiger partial charge >= 0.3 is 0 Å². The molecule has 1 aliphatic carbocycles. The highest BCUT2D eigenvalue weighted by molar-refractivity contribution is 8.13. The van der Waals surface area contributed by atoms with Gasteiger partial charge in [0.2, 0.25) is 0 Å². The van der Waals surface area contributed by atoms with E-state index in [0.717, 1.165) is 28.7 Å². The van der Waals surface area contributed by atoms with Crippen molar-refractivity contribution in [2.75, 3.05) is 13.2 Å². The summed E-state index contributed by atoms with van der Waals surface area (Å²) in [5.41, 5.74) is 1.14. The SMILES string of the molecule is Clc1cc(CSC2=N[C@H]3CCCC[C@@H]3N2)cc2c1OCCCO2. The Morgan fingerprint density at radius 3 is 2.96 bits per heavy atom. The number of fused-ring (bicyclic) bond motifs is 2. The van der Waals surface area contributed by atoms with Crippen molar-refractivity contribution in [3.8, 4) is 11.5 Å². The highest BCUT2D eigenvalue weighted by Crippen LogP contribution is 2.39. The van der Waals surface area contributed by atoms with Crippen molar-refractivity contribution in [1.82, 2.24) is 5.32 Å². The highest BCUT2D eigenvalue weighted by Gasteiger charge is 2.30. The summed E-state index contributed by atoms with van der Waals surface area (Å²) in [5, 5.41) is 5.28. The summed E-state index contributed by atoms with van der Waals surface area (Å²) in [4.78, 5) is 4.83. The Bertz CT molecular complexity index is 623. The van der Waals surface area contributed by atoms with E-state index >= 15 is 0 Å². The van der Waals surface area contributed by atoms with Crippen LogP contribution in [0.15, 0.2) is 17.1 Å². The standard InChI is InChI=1S/C17H21ClN2O2S/c18-12-8-11(9-15-16(12)22-7-3-6-21-15)10-23-17-19-13-4-1-2-5-14(13)20-17/h8-9,13-14H,1-7,10H2,(H,19,20)/t13-,14-/m0/s1. The summed E-state index contributed by atoms with van der Waals surface area (Å²) in [5.74, 6) is 2.28. The van der Waals surface area contributed by atoms with Gasteiger partial charge in [-0.3, -0.25) is 4.99 Å². The Labute approximate surface area is 146 Å². The Kier molecular flexibility index (Phi) is 4.58. The summed E-state index contributed by atoms with van der Waals surface area (Å²) in [6.45, 7) is 1.34. The first-order valence-electron chi connectivity index (χ1n) is 8.35. The predicted octanol–water partition coefficient (Wildman–Crippen LogP) is 4.00. The zero-order valence-electron chi connectivity index (χ0n) is 13.0. The number of aliphatic imine (C=N–C) groups is 1. The average Bonchev–Trinajstić information content (AvgIpc) is 2.82. The van der Waals surface area contributed by atoms with Crippen LogP contribution in [0.5, 0.6) is 11.5 Å². The number of ether oxygens (including phenoxy) is 2. The molecule has 0 radical (unpaired) electrons. The summed E-state index contributed by atoms with van der Waals surface area (Å²) < 4.78 is 11.4. The lowest BCUT2D eigenvalue weighted by Crippen LogP contribution is -2.36. The Morgan fingerprint density at radius 2 is 2.04 bits per heavy atom. The lowest BCUT2D eigenvalue weighted by molar-refractivity contribution is 0.297. The maximum Gasteiger partial charge on any atom is 0.179 e. The molecule has 124 valence electrons. The largest absolute Gasteiger partial charge is 0.489 e. The molecule has 1 N–H and O–H groups in total. The van der Waals surface area contributed by atoms with E-state index in [1.165, 1.54) is 25.7 Å². The second-order valence-corrected chi connectivity index (χ2v) is 7.65. The van der Waals surface area contributed by atoms with Crippen LogP contribution in [0.1, 0.15) is 37.7 Å². The minimum atomic E-state index is 0.485. The lowest BCUT2D eigenvalue weighted by Gasteiger charge is -2.23. The maximum atomic E-state index is 6.35. The Hall–Kier alpha value is -1.07. The molecule has 6 heteroatoms. The minimum absolute atomic E-state index is 0.485. The van der Waals surface area contributed by atoms with Gasteiger partial charge in [0.1, 0.15) is 0 Å². The monoisotopic (exact) mass is 352 g/mol. The first kappa shape index (κ1) is 15.5. The van der Waals surface area contributed by atoms with Crippen LogP contribution < -0.4 is 14.8 Å². The van der Waals surface area contributed by atoms with Crippen LogP contribution in [-0.2, 0) is 5.75 Å². The molecule has 0 amide bonds. The van der Waals surface area contributed by atoms with Crippen molar-refractivity contribution in [3.63, 3.8) is 0 Å². The topological polar surface area (TPSA) is 42.9 Å². The fraction of sp³-hybridized carbons (Fsp3) is 0.588. The van der Waals surface area contributed by atoms with Crippen molar-refractivity contribution in [2.24, 2.45) is 4.99 Å². The molecule has 4 nitrogen and oxygen atoms in total. The third-order valence-corrected chi connectivity index (χ3v) is 5.81. The van der Waals surface area contributed by atoms with Crippen molar-refractivity contribution in [3.05, 3.63) is 22.7 Å². The van der Waals surface area contributed by atoms with Gasteiger partial charge in [0.15, 0.2) is 16.7 Å². The van der Waals surface area contributed by atoms with E-state index in [9.17, 15) is 0 Å². The summed E-state index contributed by atoms with van der Waals surface area (Å²) in [6.07, 6.45) is 5.98. The number of halogens is 1. The number of amidine groups is 1. The van der Waals surface area contributed by atoms with Gasteiger partial charge in [0, 0.05) is 12.2 Å². The van der Waals surface area contributed by atoms with Crippen LogP contribution in [0.2, 0.25) is 5.02 Å². The molecule has 1 saturated carbocycles. The van der Waals surface area contributed by atoms with Gasteiger partial charge in [0.25, 0.3) is 0 Å². The number of hydrogen-bond acceptors (Lipinski definition) is 5. The third-order valence-electron chi connectivity index (χ3n) is 4.56. The first-order chi connectivity index (χ1) is 11.3. The molecule has 0 aromatic heterocycles. The number of thioether (sulfide) groups is 1. The lowest BCUT2D eigenvalue weighted by atomic mass is 9.92. The van der Waals surface area contributed by atoms with E-state index in [1.54, 1.807) is 11.8 Å². The minimum Gasteiger partial charge on any atom is -0.489 e. The number of nitrogens with zero attached hydrogens (tertiary/aromatic N) is 1. The van der Waals surface area contributed by atoms with Crippen LogP contribution in [0, 0.1) is 0 Å². The first-order valence-corrected chi connectivity index (χ1v) is 9.71. The molecule has 23 heavy (non-hydrogen) atoms. The average molecular weight is 353 g/mol. The third kappa shape index (κ3) is 3.41. The van der Waals surface area contributed by atoms with Gasteiger partial charge in [-0.05, 0) is 30.5 Å². The van der Waals surface area contributed by atoms with Crippen LogP contribution in [0.4, 0.5) is 0 Å². The zero-order valence-corrected chi connectivity index (χ0v) is 14.6. The Morgan fingerprint density at radius 1 is 1.17 bits per heavy atom. The van der Waals surface area contributed by atoms with Crippen LogP contribution >= 0.6 is 23.4 Å². The molecular weight excluding hydrogens is 332 g/mol. The molecule has 0 spiro atoms. The fourth-order valence-electron chi connectivity index (χ4n) is 3.38. The van der Waals surface area contributed by atoms with Crippen molar-refractivity contribution < 1.29 is 9.47 Å². The maximum absolute atomic E-state index is 6.35. The van der Waals surface area contributed by atoms with Gasteiger partial charge < -0.3 is 14.8 Å². The van der Waals surface area contributed by atoms with Crippen LogP contribution in [0.25, 0.3) is 0 Å².